The predicted molar refractivity (Wildman–Crippen MR) is 102 cm³/mol. The van der Waals surface area contributed by atoms with Gasteiger partial charge in [-0.15, -0.1) is 11.3 Å². The highest BCUT2D eigenvalue weighted by Crippen LogP contribution is 2.33. The third-order valence-electron chi connectivity index (χ3n) is 3.73. The van der Waals surface area contributed by atoms with Crippen LogP contribution in [0, 0.1) is 6.92 Å². The van der Waals surface area contributed by atoms with E-state index in [1.165, 1.54) is 17.7 Å². The van der Waals surface area contributed by atoms with Crippen LogP contribution in [0.1, 0.15) is 28.6 Å². The van der Waals surface area contributed by atoms with Gasteiger partial charge in [0, 0.05) is 19.4 Å². The van der Waals surface area contributed by atoms with Gasteiger partial charge in [0.2, 0.25) is 0 Å². The standard InChI is InChI=1S/C16H24N4O2S2/c1-5-11(8-22-3)20-14-12-10(2)13(15(21)17-6-7-23-4)24-16(12)19-9-18-14/h9,11H,5-8H2,1-4H3,(H,17,21)(H,18,19,20)/t11-/m0/s1. The van der Waals surface area contributed by atoms with Crippen LogP contribution in [0.3, 0.4) is 0 Å². The van der Waals surface area contributed by atoms with Crippen LogP contribution in [0.2, 0.25) is 0 Å². The largest absolute Gasteiger partial charge is 0.383 e. The second-order valence-corrected chi connectivity index (χ2v) is 7.40. The van der Waals surface area contributed by atoms with Gasteiger partial charge in [-0.3, -0.25) is 4.79 Å². The number of aryl methyl sites for hydroxylation is 1. The van der Waals surface area contributed by atoms with Crippen LogP contribution in [0.25, 0.3) is 10.2 Å². The molecule has 0 radical (unpaired) electrons. The average molecular weight is 369 g/mol. The van der Waals surface area contributed by atoms with E-state index in [9.17, 15) is 4.79 Å². The van der Waals surface area contributed by atoms with Gasteiger partial charge in [0.05, 0.1) is 22.9 Å². The summed E-state index contributed by atoms with van der Waals surface area (Å²) < 4.78 is 5.24. The maximum atomic E-state index is 12.4. The van der Waals surface area contributed by atoms with Crippen molar-refractivity contribution in [3.05, 3.63) is 16.8 Å². The molecule has 2 aromatic heterocycles. The van der Waals surface area contributed by atoms with Crippen molar-refractivity contribution < 1.29 is 9.53 Å². The van der Waals surface area contributed by atoms with Crippen LogP contribution in [0.4, 0.5) is 5.82 Å². The molecule has 6 nitrogen and oxygen atoms in total. The maximum absolute atomic E-state index is 12.4. The fraction of sp³-hybridized carbons (Fsp3) is 0.562. The first kappa shape index (κ1) is 19.0. The van der Waals surface area contributed by atoms with Crippen molar-refractivity contribution in [2.24, 2.45) is 0 Å². The van der Waals surface area contributed by atoms with Gasteiger partial charge in [0.25, 0.3) is 5.91 Å². The van der Waals surface area contributed by atoms with Gasteiger partial charge in [-0.1, -0.05) is 6.92 Å². The summed E-state index contributed by atoms with van der Waals surface area (Å²) in [6.07, 6.45) is 4.48. The number of hydrogen-bond donors (Lipinski definition) is 2. The Morgan fingerprint density at radius 3 is 2.92 bits per heavy atom. The summed E-state index contributed by atoms with van der Waals surface area (Å²) in [6, 6.07) is 0.172. The molecular weight excluding hydrogens is 344 g/mol. The number of carbonyl (C=O) groups is 1. The van der Waals surface area contributed by atoms with E-state index < -0.39 is 0 Å². The molecule has 0 aliphatic heterocycles. The minimum Gasteiger partial charge on any atom is -0.383 e. The first-order chi connectivity index (χ1) is 11.6. The summed E-state index contributed by atoms with van der Waals surface area (Å²) in [6.45, 7) is 5.32. The van der Waals surface area contributed by atoms with Gasteiger partial charge in [-0.25, -0.2) is 9.97 Å². The van der Waals surface area contributed by atoms with E-state index in [2.05, 4.69) is 27.5 Å². The molecule has 2 rings (SSSR count). The first-order valence-corrected chi connectivity index (χ1v) is 10.1. The van der Waals surface area contributed by atoms with Gasteiger partial charge in [0.15, 0.2) is 0 Å². The van der Waals surface area contributed by atoms with Crippen molar-refractivity contribution in [2.45, 2.75) is 26.3 Å². The topological polar surface area (TPSA) is 76.1 Å². The molecule has 1 amide bonds. The molecule has 8 heteroatoms. The molecule has 0 saturated carbocycles. The number of ether oxygens (including phenoxy) is 1. The lowest BCUT2D eigenvalue weighted by Gasteiger charge is -2.17. The van der Waals surface area contributed by atoms with Crippen LogP contribution >= 0.6 is 23.1 Å². The number of nitrogens with zero attached hydrogens (tertiary/aromatic N) is 2. The number of fused-ring (bicyclic) bond motifs is 1. The number of thiophene rings is 1. The Morgan fingerprint density at radius 1 is 1.46 bits per heavy atom. The van der Waals surface area contributed by atoms with E-state index in [0.29, 0.717) is 18.0 Å². The quantitative estimate of drug-likeness (QED) is 0.663. The van der Waals surface area contributed by atoms with E-state index in [0.717, 1.165) is 33.8 Å². The van der Waals surface area contributed by atoms with Crippen molar-refractivity contribution in [2.75, 3.05) is 37.6 Å². The third-order valence-corrected chi connectivity index (χ3v) is 5.54. The second-order valence-electron chi connectivity index (χ2n) is 5.41. The lowest BCUT2D eigenvalue weighted by Crippen LogP contribution is -2.25. The smallest absolute Gasteiger partial charge is 0.261 e. The first-order valence-electron chi connectivity index (χ1n) is 7.89. The Hall–Kier alpha value is -1.38. The number of carbonyl (C=O) groups excluding carboxylic acids is 1. The molecule has 0 fully saturated rings. The number of nitrogens with one attached hydrogen (secondary N) is 2. The summed E-state index contributed by atoms with van der Waals surface area (Å²) >= 11 is 3.12. The molecule has 2 aromatic rings. The van der Waals surface area contributed by atoms with Crippen LogP contribution < -0.4 is 10.6 Å². The molecule has 2 N–H and O–H groups in total. The molecule has 0 aliphatic rings. The van der Waals surface area contributed by atoms with Gasteiger partial charge < -0.3 is 15.4 Å². The highest BCUT2D eigenvalue weighted by molar-refractivity contribution is 7.98. The molecule has 0 spiro atoms. The van der Waals surface area contributed by atoms with Crippen molar-refractivity contribution >= 4 is 45.0 Å². The number of thioether (sulfide) groups is 1. The number of aromatic nitrogens is 2. The van der Waals surface area contributed by atoms with Crippen molar-refractivity contribution in [1.82, 2.24) is 15.3 Å². The zero-order chi connectivity index (χ0) is 17.5. The SMILES string of the molecule is CC[C@@H](COC)Nc1ncnc2sc(C(=O)NCCSC)c(C)c12. The summed E-state index contributed by atoms with van der Waals surface area (Å²) in [4.78, 5) is 22.6. The number of hydrogen-bond acceptors (Lipinski definition) is 7. The summed E-state index contributed by atoms with van der Waals surface area (Å²) in [5.41, 5.74) is 0.923. The molecule has 2 heterocycles. The Morgan fingerprint density at radius 2 is 2.25 bits per heavy atom. The van der Waals surface area contributed by atoms with Crippen LogP contribution in [0.5, 0.6) is 0 Å². The molecule has 0 bridgehead atoms. The van der Waals surface area contributed by atoms with Crippen molar-refractivity contribution in [1.29, 1.82) is 0 Å². The molecule has 0 unspecified atom stereocenters. The van der Waals surface area contributed by atoms with Crippen LogP contribution in [-0.4, -0.2) is 54.2 Å². The van der Waals surface area contributed by atoms with Gasteiger partial charge in [-0.05, 0) is 25.2 Å². The molecule has 0 aromatic carbocycles. The third kappa shape index (κ3) is 4.37. The molecule has 1 atom stereocenters. The molecule has 0 aliphatic carbocycles. The lowest BCUT2D eigenvalue weighted by molar-refractivity contribution is 0.0960. The molecular formula is C16H24N4O2S2. The number of methoxy groups -OCH3 is 1. The van der Waals surface area contributed by atoms with Crippen LogP contribution in [0.15, 0.2) is 6.33 Å². The van der Waals surface area contributed by atoms with Gasteiger partial charge in [-0.2, -0.15) is 11.8 Å². The van der Waals surface area contributed by atoms with Gasteiger partial charge >= 0.3 is 0 Å². The monoisotopic (exact) mass is 368 g/mol. The van der Waals surface area contributed by atoms with E-state index in [4.69, 9.17) is 4.74 Å². The molecule has 0 saturated heterocycles. The summed E-state index contributed by atoms with van der Waals surface area (Å²) in [5, 5.41) is 7.29. The zero-order valence-corrected chi connectivity index (χ0v) is 16.1. The second kappa shape index (κ2) is 9.19. The number of amides is 1. The predicted octanol–water partition coefficient (Wildman–Crippen LogP) is 2.93. The maximum Gasteiger partial charge on any atom is 0.261 e. The van der Waals surface area contributed by atoms with Crippen molar-refractivity contribution in [3.63, 3.8) is 0 Å². The highest BCUT2D eigenvalue weighted by Gasteiger charge is 2.20. The fourth-order valence-electron chi connectivity index (χ4n) is 2.40. The lowest BCUT2D eigenvalue weighted by atomic mass is 10.1. The normalized spacial score (nSPS) is 12.3. The number of anilines is 1. The Labute approximate surface area is 150 Å². The average Bonchev–Trinajstić information content (AvgIpc) is 2.92. The highest BCUT2D eigenvalue weighted by atomic mass is 32.2. The minimum atomic E-state index is -0.0422. The Balaban J connectivity index is 2.30. The fourth-order valence-corrected chi connectivity index (χ4v) is 3.77. The summed E-state index contributed by atoms with van der Waals surface area (Å²) in [5.74, 6) is 1.62. The van der Waals surface area contributed by atoms with E-state index >= 15 is 0 Å². The minimum absolute atomic E-state index is 0.0422. The van der Waals surface area contributed by atoms with E-state index in [-0.39, 0.29) is 11.9 Å². The number of rotatable bonds is 9. The Kier molecular flexibility index (Phi) is 7.26. The van der Waals surface area contributed by atoms with Crippen LogP contribution in [-0.2, 0) is 4.74 Å². The zero-order valence-electron chi connectivity index (χ0n) is 14.5. The molecule has 24 heavy (non-hydrogen) atoms. The van der Waals surface area contributed by atoms with Gasteiger partial charge in [0.1, 0.15) is 17.0 Å². The van der Waals surface area contributed by atoms with E-state index in [1.807, 2.05) is 13.2 Å². The summed E-state index contributed by atoms with van der Waals surface area (Å²) in [7, 11) is 1.69. The van der Waals surface area contributed by atoms with Crippen molar-refractivity contribution in [3.8, 4) is 0 Å². The Bertz CT molecular complexity index is 690. The van der Waals surface area contributed by atoms with E-state index in [1.54, 1.807) is 18.9 Å². The molecule has 132 valence electrons.